The number of aromatic amines is 1. The lowest BCUT2D eigenvalue weighted by molar-refractivity contribution is -0.138. The summed E-state index contributed by atoms with van der Waals surface area (Å²) in [4.78, 5) is 10.8. The molecule has 1 aromatic carbocycles. The van der Waals surface area contributed by atoms with Crippen molar-refractivity contribution in [1.82, 2.24) is 10.2 Å². The van der Waals surface area contributed by atoms with Gasteiger partial charge in [-0.1, -0.05) is 13.0 Å². The quantitative estimate of drug-likeness (QED) is 0.761. The Bertz CT molecular complexity index is 589. The molecule has 1 heterocycles. The summed E-state index contributed by atoms with van der Waals surface area (Å²) < 4.78 is 0. The monoisotopic (exact) mass is 247 g/mol. The number of carboxylic acids is 1. The van der Waals surface area contributed by atoms with Crippen molar-refractivity contribution in [2.45, 2.75) is 32.7 Å². The molecule has 0 saturated heterocycles. The summed E-state index contributed by atoms with van der Waals surface area (Å²) in [6, 6.07) is 3.10. The number of nitrogens with zero attached hydrogens (tertiary/aromatic N) is 1. The van der Waals surface area contributed by atoms with E-state index in [-0.39, 0.29) is 0 Å². The van der Waals surface area contributed by atoms with Crippen molar-refractivity contribution >= 4 is 16.9 Å². The topological polar surface area (TPSA) is 92.0 Å². The maximum atomic E-state index is 10.8. The van der Waals surface area contributed by atoms with E-state index < -0.39 is 12.0 Å². The molecule has 0 radical (unpaired) electrons. The fraction of sp³-hybridized carbons (Fsp3) is 0.385. The van der Waals surface area contributed by atoms with E-state index in [1.807, 2.05) is 19.1 Å². The third kappa shape index (κ3) is 2.22. The first kappa shape index (κ1) is 12.6. The van der Waals surface area contributed by atoms with Gasteiger partial charge in [0.15, 0.2) is 0 Å². The normalized spacial score (nSPS) is 12.8. The molecule has 4 N–H and O–H groups in total. The largest absolute Gasteiger partial charge is 0.480 e. The highest BCUT2D eigenvalue weighted by atomic mass is 16.4. The summed E-state index contributed by atoms with van der Waals surface area (Å²) >= 11 is 0. The van der Waals surface area contributed by atoms with Gasteiger partial charge in [-0.15, -0.1) is 0 Å². The summed E-state index contributed by atoms with van der Waals surface area (Å²) in [5, 5.41) is 17.1. The molecule has 2 aromatic rings. The number of carbonyl (C=O) groups is 1. The average Bonchev–Trinajstić information content (AvgIpc) is 2.70. The van der Waals surface area contributed by atoms with Crippen LogP contribution in [0.3, 0.4) is 0 Å². The van der Waals surface area contributed by atoms with E-state index >= 15 is 0 Å². The van der Waals surface area contributed by atoms with Gasteiger partial charge in [-0.2, -0.15) is 5.10 Å². The number of carboxylic acid groups (broad SMARTS) is 1. The number of benzene rings is 1. The average molecular weight is 247 g/mol. The van der Waals surface area contributed by atoms with Crippen LogP contribution >= 0.6 is 0 Å². The van der Waals surface area contributed by atoms with E-state index in [0.29, 0.717) is 6.42 Å². The second-order valence-corrected chi connectivity index (χ2v) is 4.50. The number of rotatable bonds is 4. The Kier molecular flexibility index (Phi) is 3.34. The summed E-state index contributed by atoms with van der Waals surface area (Å²) in [6.45, 7) is 4.01. The van der Waals surface area contributed by atoms with E-state index in [1.54, 1.807) is 0 Å². The molecule has 0 aliphatic carbocycles. The molecule has 96 valence electrons. The van der Waals surface area contributed by atoms with Gasteiger partial charge in [-0.25, -0.2) is 0 Å². The zero-order chi connectivity index (χ0) is 13.3. The number of nitrogens with two attached hydrogens (primary N) is 1. The van der Waals surface area contributed by atoms with Crippen LogP contribution < -0.4 is 5.73 Å². The molecule has 0 aliphatic heterocycles. The molecule has 1 unspecified atom stereocenters. The Morgan fingerprint density at radius 2 is 2.28 bits per heavy atom. The summed E-state index contributed by atoms with van der Waals surface area (Å²) in [5.74, 6) is -0.975. The van der Waals surface area contributed by atoms with Gasteiger partial charge in [0.25, 0.3) is 0 Å². The zero-order valence-electron chi connectivity index (χ0n) is 10.5. The number of fused-ring (bicyclic) bond motifs is 1. The van der Waals surface area contributed by atoms with Gasteiger partial charge in [0.1, 0.15) is 6.04 Å². The lowest BCUT2D eigenvalue weighted by Crippen LogP contribution is -2.32. The number of H-pyrrole nitrogens is 1. The molecule has 1 atom stereocenters. The van der Waals surface area contributed by atoms with Crippen molar-refractivity contribution < 1.29 is 9.90 Å². The van der Waals surface area contributed by atoms with Crippen LogP contribution in [0.25, 0.3) is 10.9 Å². The summed E-state index contributed by atoms with van der Waals surface area (Å²) in [7, 11) is 0. The summed E-state index contributed by atoms with van der Waals surface area (Å²) in [5.41, 5.74) is 9.58. The van der Waals surface area contributed by atoms with E-state index in [9.17, 15) is 4.79 Å². The molecule has 0 spiro atoms. The van der Waals surface area contributed by atoms with Gasteiger partial charge in [-0.05, 0) is 37.0 Å². The first-order valence-electron chi connectivity index (χ1n) is 5.97. The van der Waals surface area contributed by atoms with E-state index in [0.717, 1.165) is 34.1 Å². The Morgan fingerprint density at radius 3 is 2.89 bits per heavy atom. The van der Waals surface area contributed by atoms with E-state index in [4.69, 9.17) is 10.8 Å². The molecule has 0 fully saturated rings. The van der Waals surface area contributed by atoms with Crippen molar-refractivity contribution in [2.24, 2.45) is 5.73 Å². The van der Waals surface area contributed by atoms with Gasteiger partial charge < -0.3 is 10.8 Å². The second-order valence-electron chi connectivity index (χ2n) is 4.50. The molecular formula is C13H17N3O2. The van der Waals surface area contributed by atoms with Gasteiger partial charge >= 0.3 is 5.97 Å². The van der Waals surface area contributed by atoms with Gasteiger partial charge in [0, 0.05) is 11.1 Å². The highest BCUT2D eigenvalue weighted by molar-refractivity contribution is 5.85. The Hall–Kier alpha value is -1.88. The van der Waals surface area contributed by atoms with Crippen molar-refractivity contribution in [1.29, 1.82) is 0 Å². The maximum absolute atomic E-state index is 10.8. The first-order chi connectivity index (χ1) is 8.52. The molecule has 0 aliphatic rings. The minimum atomic E-state index is -0.975. The van der Waals surface area contributed by atoms with Crippen LogP contribution in [0.15, 0.2) is 12.1 Å². The van der Waals surface area contributed by atoms with Crippen molar-refractivity contribution in [3.05, 3.63) is 29.0 Å². The van der Waals surface area contributed by atoms with Crippen LogP contribution in [-0.4, -0.2) is 27.3 Å². The molecule has 18 heavy (non-hydrogen) atoms. The summed E-state index contributed by atoms with van der Waals surface area (Å²) in [6.07, 6.45) is 1.19. The van der Waals surface area contributed by atoms with Crippen molar-refractivity contribution in [2.75, 3.05) is 0 Å². The molecule has 1 aromatic heterocycles. The standard InChI is InChI=1S/C13H17N3O2/c1-3-9-4-8(6-11(14)13(17)18)5-10-7(2)15-16-12(9)10/h4-5,11H,3,6,14H2,1-2H3,(H,15,16)(H,17,18). The number of nitrogens with one attached hydrogen (secondary N) is 1. The van der Waals surface area contributed by atoms with Gasteiger partial charge in [0.05, 0.1) is 5.52 Å². The number of aryl methyl sites for hydroxylation is 2. The van der Waals surface area contributed by atoms with Crippen LogP contribution in [0, 0.1) is 6.92 Å². The van der Waals surface area contributed by atoms with Crippen LogP contribution in [0.5, 0.6) is 0 Å². The van der Waals surface area contributed by atoms with Gasteiger partial charge in [-0.3, -0.25) is 9.89 Å². The molecule has 5 nitrogen and oxygen atoms in total. The minimum absolute atomic E-state index is 0.336. The fourth-order valence-electron chi connectivity index (χ4n) is 2.11. The molecule has 0 amide bonds. The van der Waals surface area contributed by atoms with Crippen LogP contribution in [-0.2, 0) is 17.6 Å². The van der Waals surface area contributed by atoms with Crippen molar-refractivity contribution in [3.63, 3.8) is 0 Å². The lowest BCUT2D eigenvalue weighted by atomic mass is 9.99. The smallest absolute Gasteiger partial charge is 0.320 e. The minimum Gasteiger partial charge on any atom is -0.480 e. The number of hydrogen-bond donors (Lipinski definition) is 3. The van der Waals surface area contributed by atoms with Gasteiger partial charge in [0.2, 0.25) is 0 Å². The third-order valence-corrected chi connectivity index (χ3v) is 3.14. The Labute approximate surface area is 105 Å². The van der Waals surface area contributed by atoms with Crippen molar-refractivity contribution in [3.8, 4) is 0 Å². The second kappa shape index (κ2) is 4.78. The SMILES string of the molecule is CCc1cc(CC(N)C(=O)O)cc2c(C)[nH]nc12. The highest BCUT2D eigenvalue weighted by Gasteiger charge is 2.14. The van der Waals surface area contributed by atoms with Crippen LogP contribution in [0.2, 0.25) is 0 Å². The molecule has 0 bridgehead atoms. The van der Waals surface area contributed by atoms with Crippen LogP contribution in [0.1, 0.15) is 23.7 Å². The number of aromatic nitrogens is 2. The maximum Gasteiger partial charge on any atom is 0.320 e. The Morgan fingerprint density at radius 1 is 1.56 bits per heavy atom. The zero-order valence-corrected chi connectivity index (χ0v) is 10.5. The first-order valence-corrected chi connectivity index (χ1v) is 5.97. The molecule has 0 saturated carbocycles. The molecular weight excluding hydrogens is 230 g/mol. The molecule has 5 heteroatoms. The third-order valence-electron chi connectivity index (χ3n) is 3.14. The number of hydrogen-bond acceptors (Lipinski definition) is 3. The molecule has 2 rings (SSSR count). The number of aliphatic carboxylic acids is 1. The Balaban J connectivity index is 2.45. The predicted octanol–water partition coefficient (Wildman–Crippen LogP) is 1.39. The predicted molar refractivity (Wildman–Crippen MR) is 69.5 cm³/mol. The van der Waals surface area contributed by atoms with E-state index in [1.165, 1.54) is 0 Å². The fourth-order valence-corrected chi connectivity index (χ4v) is 2.11. The van der Waals surface area contributed by atoms with Crippen LogP contribution in [0.4, 0.5) is 0 Å². The lowest BCUT2D eigenvalue weighted by Gasteiger charge is -2.09. The van der Waals surface area contributed by atoms with E-state index in [2.05, 4.69) is 17.1 Å². The highest BCUT2D eigenvalue weighted by Crippen LogP contribution is 2.23.